The first-order chi connectivity index (χ1) is 29.6. The van der Waals surface area contributed by atoms with E-state index in [9.17, 15) is 23.3 Å². The minimum absolute atomic E-state index is 0.135. The van der Waals surface area contributed by atoms with Gasteiger partial charge in [-0.3, -0.25) is 24.7 Å². The number of benzene rings is 2. The molecule has 4 fully saturated rings. The van der Waals surface area contributed by atoms with E-state index >= 15 is 0 Å². The third-order valence-electron chi connectivity index (χ3n) is 14.1. The van der Waals surface area contributed by atoms with Gasteiger partial charge in [-0.25, -0.2) is 18.1 Å². The molecule has 0 radical (unpaired) electrons. The van der Waals surface area contributed by atoms with Crippen molar-refractivity contribution in [2.45, 2.75) is 93.3 Å². The van der Waals surface area contributed by atoms with Crippen molar-refractivity contribution < 1.29 is 27.6 Å². The van der Waals surface area contributed by atoms with E-state index in [2.05, 4.69) is 61.0 Å². The number of piperidine rings is 1. The number of nitrogens with one attached hydrogen (secondary N) is 3. The quantitative estimate of drug-likeness (QED) is 0.0929. The molecule has 1 amide bonds. The first-order valence-electron chi connectivity index (χ1n) is 21.8. The number of sulfonamides is 1. The molecule has 14 nitrogen and oxygen atoms in total. The third kappa shape index (κ3) is 8.08. The molecule has 2 aliphatic carbocycles. The van der Waals surface area contributed by atoms with Crippen LogP contribution in [-0.4, -0.2) is 96.1 Å². The van der Waals surface area contributed by atoms with Crippen LogP contribution >= 0.6 is 0 Å². The number of aryl methyl sites for hydroxylation is 1. The highest BCUT2D eigenvalue weighted by Crippen LogP contribution is 2.54. The van der Waals surface area contributed by atoms with E-state index in [0.717, 1.165) is 62.9 Å². The predicted octanol–water partition coefficient (Wildman–Crippen LogP) is 7.07. The molecular weight excluding hydrogens is 795 g/mol. The second kappa shape index (κ2) is 17.0. The van der Waals surface area contributed by atoms with Crippen molar-refractivity contribution in [1.29, 1.82) is 0 Å². The maximum atomic E-state index is 15.0. The Labute approximate surface area is 357 Å². The summed E-state index contributed by atoms with van der Waals surface area (Å²) in [4.78, 5) is 38.6. The number of H-pyrrole nitrogens is 1. The molecule has 2 aromatic carbocycles. The monoisotopic (exact) mass is 849 g/mol. The molecule has 3 aliphatic heterocycles. The van der Waals surface area contributed by atoms with Crippen LogP contribution in [0.25, 0.3) is 11.0 Å². The van der Waals surface area contributed by atoms with E-state index in [0.29, 0.717) is 56.3 Å². The number of amides is 1. The average Bonchev–Trinajstić information content (AvgIpc) is 3.95. The third-order valence-corrected chi connectivity index (χ3v) is 15.4. The summed E-state index contributed by atoms with van der Waals surface area (Å²) in [6.07, 6.45) is 18.5. The predicted molar refractivity (Wildman–Crippen MR) is 233 cm³/mol. The van der Waals surface area contributed by atoms with Crippen LogP contribution in [0.4, 0.5) is 11.4 Å². The lowest BCUT2D eigenvalue weighted by Gasteiger charge is -2.58. The average molecular weight is 850 g/mol. The van der Waals surface area contributed by atoms with E-state index in [1.165, 1.54) is 36.1 Å². The Morgan fingerprint density at radius 2 is 1.85 bits per heavy atom. The van der Waals surface area contributed by atoms with Crippen LogP contribution in [0.15, 0.2) is 96.2 Å². The van der Waals surface area contributed by atoms with Crippen LogP contribution in [0.1, 0.15) is 75.5 Å². The molecule has 2 unspecified atom stereocenters. The summed E-state index contributed by atoms with van der Waals surface area (Å²) in [7, 11) is -4.59. The molecule has 2 aromatic heterocycles. The molecule has 0 bridgehead atoms. The number of pyridine rings is 1. The first kappa shape index (κ1) is 41.3. The summed E-state index contributed by atoms with van der Waals surface area (Å²) in [6.45, 7) is 6.20. The van der Waals surface area contributed by atoms with Gasteiger partial charge < -0.3 is 19.8 Å². The van der Waals surface area contributed by atoms with Gasteiger partial charge in [0.25, 0.3) is 21.6 Å². The van der Waals surface area contributed by atoms with Crippen LogP contribution in [-0.2, 0) is 26.0 Å². The molecule has 3 N–H and O–H groups in total. The highest BCUT2D eigenvalue weighted by molar-refractivity contribution is 7.90. The van der Waals surface area contributed by atoms with Gasteiger partial charge in [0.2, 0.25) is 0 Å². The number of allylic oxidation sites excluding steroid dienone is 2. The maximum Gasteiger partial charge on any atom is 0.293 e. The molecule has 3 atom stereocenters. The van der Waals surface area contributed by atoms with Gasteiger partial charge >= 0.3 is 0 Å². The van der Waals surface area contributed by atoms with Crippen LogP contribution < -0.4 is 14.8 Å². The summed E-state index contributed by atoms with van der Waals surface area (Å²) in [5, 5.41) is 16.2. The zero-order valence-corrected chi connectivity index (χ0v) is 35.4. The Balaban J connectivity index is 0.956. The van der Waals surface area contributed by atoms with Crippen molar-refractivity contribution in [3.63, 3.8) is 0 Å². The van der Waals surface area contributed by atoms with Crippen LogP contribution in [0.2, 0.25) is 0 Å². The summed E-state index contributed by atoms with van der Waals surface area (Å²) < 4.78 is 42.7. The fraction of sp³-hybridized carbons (Fsp3) is 0.478. The zero-order valence-electron chi connectivity index (χ0n) is 34.6. The van der Waals surface area contributed by atoms with Gasteiger partial charge in [-0.05, 0) is 117 Å². The zero-order chi connectivity index (χ0) is 42.2. The SMILES string of the molecule is CCc1ccccc1C1CCCN1C1CC2(CCN([C@@]3(C(=O)NS(=O)(=O)c4ccc(NCC5CCOCC5)c([N+](=O)[O-])c4)C=CC=CC3Oc3cnc4[nH]ccc4c3)CC2)C1. The number of aromatic nitrogens is 2. The lowest BCUT2D eigenvalue weighted by molar-refractivity contribution is -0.384. The number of carbonyl (C=O) groups excluding carboxylic acids is 1. The Morgan fingerprint density at radius 3 is 2.64 bits per heavy atom. The van der Waals surface area contributed by atoms with E-state index < -0.39 is 32.5 Å². The van der Waals surface area contributed by atoms with E-state index in [-0.39, 0.29) is 27.6 Å². The van der Waals surface area contributed by atoms with Gasteiger partial charge in [0.1, 0.15) is 23.2 Å². The highest BCUT2D eigenvalue weighted by atomic mass is 32.2. The summed E-state index contributed by atoms with van der Waals surface area (Å²) in [5.74, 6) is -0.0889. The smallest absolute Gasteiger partial charge is 0.293 e. The fourth-order valence-electron chi connectivity index (χ4n) is 10.6. The van der Waals surface area contributed by atoms with E-state index in [1.54, 1.807) is 36.7 Å². The molecule has 4 aromatic rings. The van der Waals surface area contributed by atoms with Crippen LogP contribution in [0.3, 0.4) is 0 Å². The molecule has 1 saturated carbocycles. The highest BCUT2D eigenvalue weighted by Gasteiger charge is 2.56. The molecule has 61 heavy (non-hydrogen) atoms. The molecule has 1 spiro atoms. The number of fused-ring (bicyclic) bond motifs is 1. The number of hydrogen-bond donors (Lipinski definition) is 3. The number of anilines is 1. The summed E-state index contributed by atoms with van der Waals surface area (Å²) in [5.41, 5.74) is 1.97. The second-order valence-corrected chi connectivity index (χ2v) is 19.2. The van der Waals surface area contributed by atoms with Gasteiger partial charge in [-0.2, -0.15) is 0 Å². The lowest BCUT2D eigenvalue weighted by Crippen LogP contribution is -2.68. The number of aromatic amines is 1. The Hall–Kier alpha value is -5.09. The molecular formula is C46H55N7O7S. The lowest BCUT2D eigenvalue weighted by atomic mass is 9.59. The van der Waals surface area contributed by atoms with Gasteiger partial charge in [0.15, 0.2) is 5.54 Å². The van der Waals surface area contributed by atoms with Crippen LogP contribution in [0.5, 0.6) is 5.75 Å². The number of ether oxygens (including phenoxy) is 2. The fourth-order valence-corrected chi connectivity index (χ4v) is 11.7. The minimum Gasteiger partial charge on any atom is -0.482 e. The van der Waals surface area contributed by atoms with Gasteiger partial charge in [0, 0.05) is 62.6 Å². The van der Waals surface area contributed by atoms with E-state index in [1.807, 2.05) is 12.1 Å². The van der Waals surface area contributed by atoms with Crippen molar-refractivity contribution in [1.82, 2.24) is 24.5 Å². The second-order valence-electron chi connectivity index (χ2n) is 17.5. The molecule has 5 aliphatic rings. The standard InChI is InChI=1S/C46H55N7O7S/c1-2-33-8-3-4-9-38(33)40-10-7-21-52(40)35-28-45(29-35)18-22-51(23-19-45)46(17-6-5-11-42(46)60-36-26-34-14-20-47-43(34)49-31-36)44(54)50-61(57,58)37-12-13-39(41(27-37)53(55)56)48-30-32-15-24-59-25-16-32/h3-6,8-9,11-14,17,20,26-27,31-32,35,40,42,48H,2,7,10,15-16,18-19,21-25,28-30H2,1H3,(H,47,49)(H,50,54)/t40?,42?,46-/m0/s1. The molecule has 9 rings (SSSR count). The van der Waals surface area contributed by atoms with Crippen molar-refractivity contribution in [2.75, 3.05) is 44.7 Å². The van der Waals surface area contributed by atoms with E-state index in [4.69, 9.17) is 9.47 Å². The summed E-state index contributed by atoms with van der Waals surface area (Å²) >= 11 is 0. The molecule has 15 heteroatoms. The minimum atomic E-state index is -4.59. The Morgan fingerprint density at radius 1 is 1.05 bits per heavy atom. The number of likely N-dealkylation sites (tertiary alicyclic amines) is 2. The van der Waals surface area contributed by atoms with Crippen molar-refractivity contribution in [3.8, 4) is 5.75 Å². The number of rotatable bonds is 13. The van der Waals surface area contributed by atoms with Crippen molar-refractivity contribution in [3.05, 3.63) is 113 Å². The van der Waals surface area contributed by atoms with Gasteiger partial charge in [0.05, 0.1) is 16.0 Å². The molecule has 322 valence electrons. The number of carbonyl (C=O) groups is 1. The van der Waals surface area contributed by atoms with Crippen LogP contribution in [0, 0.1) is 21.4 Å². The maximum absolute atomic E-state index is 15.0. The Bertz CT molecular complexity index is 2430. The number of nitro benzene ring substituents is 1. The van der Waals surface area contributed by atoms with Gasteiger partial charge in [-0.15, -0.1) is 0 Å². The van der Waals surface area contributed by atoms with Crippen molar-refractivity contribution >= 4 is 38.3 Å². The molecule has 5 heterocycles. The number of nitro groups is 1. The largest absolute Gasteiger partial charge is 0.482 e. The molecule has 3 saturated heterocycles. The topological polar surface area (TPSA) is 172 Å². The van der Waals surface area contributed by atoms with Crippen molar-refractivity contribution in [2.24, 2.45) is 11.3 Å². The first-order valence-corrected chi connectivity index (χ1v) is 23.3. The normalized spacial score (nSPS) is 24.8. The van der Waals surface area contributed by atoms with Gasteiger partial charge in [-0.1, -0.05) is 49.4 Å². The number of hydrogen-bond acceptors (Lipinski definition) is 11. The summed E-state index contributed by atoms with van der Waals surface area (Å²) in [6, 6.07) is 17.2. The Kier molecular flexibility index (Phi) is 11.5. The number of nitrogens with zero attached hydrogens (tertiary/aromatic N) is 4.